The predicted molar refractivity (Wildman–Crippen MR) is 136 cm³/mol. The molecule has 0 atom stereocenters. The van der Waals surface area contributed by atoms with Crippen molar-refractivity contribution in [1.82, 2.24) is 30.0 Å². The Kier molecular flexibility index (Phi) is 7.70. The monoisotopic (exact) mass is 481 g/mol. The molecule has 3 aromatic rings. The Hall–Kier alpha value is -3.40. The van der Waals surface area contributed by atoms with E-state index in [9.17, 15) is 4.79 Å². The number of methoxy groups -OCH3 is 2. The Morgan fingerprint density at radius 3 is 2.49 bits per heavy atom. The highest BCUT2D eigenvalue weighted by molar-refractivity contribution is 5.97. The van der Waals surface area contributed by atoms with Crippen LogP contribution in [0.1, 0.15) is 38.1 Å². The van der Waals surface area contributed by atoms with Crippen molar-refractivity contribution in [1.29, 1.82) is 0 Å². The SMILES string of the molecule is COc1cc2nc(N(C)C(=O)NCCN(C)C)nc(-c3cnn(C4CCCCC4)c3)c2cc1OC. The summed E-state index contributed by atoms with van der Waals surface area (Å²) < 4.78 is 13.1. The molecule has 2 heterocycles. The number of amides is 2. The summed E-state index contributed by atoms with van der Waals surface area (Å²) >= 11 is 0. The van der Waals surface area contributed by atoms with Crippen molar-refractivity contribution >= 4 is 22.9 Å². The van der Waals surface area contributed by atoms with Crippen LogP contribution in [0.15, 0.2) is 24.5 Å². The Morgan fingerprint density at radius 1 is 1.09 bits per heavy atom. The normalized spacial score (nSPS) is 14.3. The molecule has 10 nitrogen and oxygen atoms in total. The van der Waals surface area contributed by atoms with Crippen LogP contribution in [0.2, 0.25) is 0 Å². The number of nitrogens with zero attached hydrogens (tertiary/aromatic N) is 6. The van der Waals surface area contributed by atoms with Crippen LogP contribution < -0.4 is 19.7 Å². The number of likely N-dealkylation sites (N-methyl/N-ethyl adjacent to an activating group) is 1. The minimum Gasteiger partial charge on any atom is -0.493 e. The summed E-state index contributed by atoms with van der Waals surface area (Å²) in [5.74, 6) is 1.45. The fraction of sp³-hybridized carbons (Fsp3) is 0.520. The van der Waals surface area contributed by atoms with Crippen molar-refractivity contribution in [3.8, 4) is 22.8 Å². The predicted octanol–water partition coefficient (Wildman–Crippen LogP) is 3.72. The number of hydrogen-bond donors (Lipinski definition) is 1. The fourth-order valence-corrected chi connectivity index (χ4v) is 4.41. The van der Waals surface area contributed by atoms with Gasteiger partial charge >= 0.3 is 6.03 Å². The third-order valence-electron chi connectivity index (χ3n) is 6.45. The Labute approximate surface area is 206 Å². The van der Waals surface area contributed by atoms with Gasteiger partial charge in [-0.05, 0) is 33.0 Å². The molecule has 10 heteroatoms. The number of carbonyl (C=O) groups excluding carboxylic acids is 1. The van der Waals surface area contributed by atoms with Gasteiger partial charge in [-0.15, -0.1) is 0 Å². The van der Waals surface area contributed by atoms with Gasteiger partial charge in [0.25, 0.3) is 0 Å². The quantitative estimate of drug-likeness (QED) is 0.524. The number of carbonyl (C=O) groups is 1. The maximum atomic E-state index is 12.8. The van der Waals surface area contributed by atoms with Gasteiger partial charge in [-0.3, -0.25) is 9.58 Å². The smallest absolute Gasteiger partial charge is 0.324 e. The third-order valence-corrected chi connectivity index (χ3v) is 6.45. The van der Waals surface area contributed by atoms with Crippen molar-refractivity contribution in [2.75, 3.05) is 53.4 Å². The molecular weight excluding hydrogens is 446 g/mol. The molecule has 1 saturated carbocycles. The van der Waals surface area contributed by atoms with E-state index in [1.165, 1.54) is 24.2 Å². The third kappa shape index (κ3) is 5.48. The van der Waals surface area contributed by atoms with E-state index in [0.717, 1.165) is 30.3 Å². The summed E-state index contributed by atoms with van der Waals surface area (Å²) in [6.07, 6.45) is 9.91. The van der Waals surface area contributed by atoms with E-state index in [1.807, 2.05) is 37.3 Å². The average molecular weight is 482 g/mol. The maximum Gasteiger partial charge on any atom is 0.324 e. The Morgan fingerprint density at radius 2 is 1.80 bits per heavy atom. The van der Waals surface area contributed by atoms with Crippen LogP contribution in [0.5, 0.6) is 11.5 Å². The van der Waals surface area contributed by atoms with Crippen molar-refractivity contribution in [3.05, 3.63) is 24.5 Å². The minimum absolute atomic E-state index is 0.268. The zero-order chi connectivity index (χ0) is 24.9. The average Bonchev–Trinajstić information content (AvgIpc) is 3.37. The summed E-state index contributed by atoms with van der Waals surface area (Å²) in [5, 5.41) is 8.38. The first-order valence-electron chi connectivity index (χ1n) is 12.1. The molecule has 2 amide bonds. The molecule has 0 aliphatic heterocycles. The summed E-state index contributed by atoms with van der Waals surface area (Å²) in [7, 11) is 8.78. The van der Waals surface area contributed by atoms with Gasteiger partial charge in [-0.2, -0.15) is 5.10 Å². The first kappa shape index (κ1) is 24.7. The van der Waals surface area contributed by atoms with Crippen LogP contribution in [0.4, 0.5) is 10.7 Å². The van der Waals surface area contributed by atoms with E-state index < -0.39 is 0 Å². The van der Waals surface area contributed by atoms with E-state index in [-0.39, 0.29) is 6.03 Å². The second kappa shape index (κ2) is 10.9. The Bertz CT molecular complexity index is 1170. The number of aromatic nitrogens is 4. The first-order valence-corrected chi connectivity index (χ1v) is 12.1. The standard InChI is InChI=1S/C25H35N7O3/c1-30(2)12-11-26-25(33)31(3)24-28-20-14-22(35-5)21(34-4)13-19(20)23(29-24)17-15-27-32(16-17)18-9-7-6-8-10-18/h13-16,18H,6-12H2,1-5H3,(H,26,33). The number of hydrogen-bond acceptors (Lipinski definition) is 7. The molecule has 35 heavy (non-hydrogen) atoms. The molecule has 0 unspecified atom stereocenters. The largest absolute Gasteiger partial charge is 0.493 e. The first-order chi connectivity index (χ1) is 16.9. The lowest BCUT2D eigenvalue weighted by Gasteiger charge is -2.21. The second-order valence-corrected chi connectivity index (χ2v) is 9.19. The second-order valence-electron chi connectivity index (χ2n) is 9.19. The van der Waals surface area contributed by atoms with Gasteiger partial charge in [0.05, 0.1) is 37.7 Å². The van der Waals surface area contributed by atoms with Crippen LogP contribution in [-0.4, -0.2) is 79.1 Å². The van der Waals surface area contributed by atoms with Gasteiger partial charge < -0.3 is 19.7 Å². The zero-order valence-electron chi connectivity index (χ0n) is 21.2. The summed E-state index contributed by atoms with van der Waals surface area (Å²) in [6.45, 7) is 1.26. The van der Waals surface area contributed by atoms with Gasteiger partial charge in [0.15, 0.2) is 11.5 Å². The van der Waals surface area contributed by atoms with E-state index in [4.69, 9.17) is 14.5 Å². The molecule has 1 aliphatic carbocycles. The zero-order valence-corrected chi connectivity index (χ0v) is 21.2. The summed E-state index contributed by atoms with van der Waals surface area (Å²) in [4.78, 5) is 25.7. The van der Waals surface area contributed by atoms with Crippen LogP contribution in [0.25, 0.3) is 22.2 Å². The van der Waals surface area contributed by atoms with Crippen molar-refractivity contribution in [2.45, 2.75) is 38.1 Å². The summed E-state index contributed by atoms with van der Waals surface area (Å²) in [5.41, 5.74) is 2.22. The van der Waals surface area contributed by atoms with E-state index in [0.29, 0.717) is 41.2 Å². The van der Waals surface area contributed by atoms with Crippen molar-refractivity contribution in [3.63, 3.8) is 0 Å². The van der Waals surface area contributed by atoms with Crippen LogP contribution in [0.3, 0.4) is 0 Å². The number of nitrogens with one attached hydrogen (secondary N) is 1. The molecule has 1 fully saturated rings. The maximum absolute atomic E-state index is 12.8. The molecule has 2 aromatic heterocycles. The molecule has 188 valence electrons. The number of rotatable bonds is 8. The lowest BCUT2D eigenvalue weighted by molar-refractivity contribution is 0.246. The molecule has 0 spiro atoms. The van der Waals surface area contributed by atoms with Crippen molar-refractivity contribution < 1.29 is 14.3 Å². The lowest BCUT2D eigenvalue weighted by atomic mass is 9.96. The number of benzene rings is 1. The van der Waals surface area contributed by atoms with Crippen molar-refractivity contribution in [2.24, 2.45) is 0 Å². The van der Waals surface area contributed by atoms with E-state index in [1.54, 1.807) is 21.3 Å². The number of anilines is 1. The molecular formula is C25H35N7O3. The lowest BCUT2D eigenvalue weighted by Crippen LogP contribution is -2.41. The van der Waals surface area contributed by atoms with Gasteiger partial charge in [-0.1, -0.05) is 19.3 Å². The van der Waals surface area contributed by atoms with Gasteiger partial charge in [0.1, 0.15) is 0 Å². The van der Waals surface area contributed by atoms with Gasteiger partial charge in [0, 0.05) is 43.4 Å². The Balaban J connectivity index is 1.75. The molecule has 0 saturated heterocycles. The highest BCUT2D eigenvalue weighted by atomic mass is 16.5. The number of fused-ring (bicyclic) bond motifs is 1. The fourth-order valence-electron chi connectivity index (χ4n) is 4.41. The highest BCUT2D eigenvalue weighted by Crippen LogP contribution is 2.37. The molecule has 1 aliphatic rings. The number of ether oxygens (including phenoxy) is 2. The van der Waals surface area contributed by atoms with E-state index >= 15 is 0 Å². The topological polar surface area (TPSA) is 97.6 Å². The van der Waals surface area contributed by atoms with Crippen LogP contribution >= 0.6 is 0 Å². The number of urea groups is 1. The minimum atomic E-state index is -0.268. The highest BCUT2D eigenvalue weighted by Gasteiger charge is 2.22. The molecule has 4 rings (SSSR count). The van der Waals surface area contributed by atoms with Gasteiger partial charge in [-0.25, -0.2) is 14.8 Å². The van der Waals surface area contributed by atoms with Crippen LogP contribution in [0, 0.1) is 0 Å². The molecule has 1 aromatic carbocycles. The van der Waals surface area contributed by atoms with E-state index in [2.05, 4.69) is 26.3 Å². The molecule has 0 bridgehead atoms. The molecule has 1 N–H and O–H groups in total. The molecule has 0 radical (unpaired) electrons. The van der Waals surface area contributed by atoms with Gasteiger partial charge in [0.2, 0.25) is 5.95 Å². The van der Waals surface area contributed by atoms with Crippen LogP contribution in [-0.2, 0) is 0 Å². The summed E-state index contributed by atoms with van der Waals surface area (Å²) in [6, 6.07) is 3.83.